The van der Waals surface area contributed by atoms with Gasteiger partial charge in [-0.3, -0.25) is 13.9 Å². The summed E-state index contributed by atoms with van der Waals surface area (Å²) in [5.41, 5.74) is 8.63. The molecule has 0 amide bonds. The molecule has 2 aliphatic heterocycles. The third kappa shape index (κ3) is 4.40. The number of rotatable bonds is 6. The van der Waals surface area contributed by atoms with Crippen molar-refractivity contribution >= 4 is 23.1 Å². The van der Waals surface area contributed by atoms with E-state index in [1.165, 1.54) is 5.56 Å². The zero-order chi connectivity index (χ0) is 23.5. The van der Waals surface area contributed by atoms with E-state index in [0.717, 1.165) is 82.4 Å². The molecule has 1 atom stereocenters. The minimum Gasteiger partial charge on any atom is -0.342 e. The molecule has 34 heavy (non-hydrogen) atoms. The van der Waals surface area contributed by atoms with Gasteiger partial charge in [-0.05, 0) is 44.6 Å². The molecular weight excluding hydrogens is 426 g/mol. The fourth-order valence-corrected chi connectivity index (χ4v) is 5.17. The van der Waals surface area contributed by atoms with Crippen molar-refractivity contribution in [1.82, 2.24) is 19.1 Å². The summed E-state index contributed by atoms with van der Waals surface area (Å²) in [5.74, 6) is 7.60. The molecule has 0 radical (unpaired) electrons. The van der Waals surface area contributed by atoms with Gasteiger partial charge in [0, 0.05) is 38.8 Å². The van der Waals surface area contributed by atoms with Gasteiger partial charge in [0.15, 0.2) is 11.2 Å². The van der Waals surface area contributed by atoms with Crippen LogP contribution in [0.3, 0.4) is 0 Å². The molecule has 1 fully saturated rings. The van der Waals surface area contributed by atoms with E-state index in [9.17, 15) is 4.79 Å². The Kier molecular flexibility index (Phi) is 6.54. The summed E-state index contributed by atoms with van der Waals surface area (Å²) in [5, 5.41) is 0. The molecule has 3 aromatic rings. The molecule has 1 aromatic carbocycles. The summed E-state index contributed by atoms with van der Waals surface area (Å²) in [7, 11) is 0. The van der Waals surface area contributed by atoms with E-state index in [2.05, 4.69) is 55.5 Å². The third-order valence-electron chi connectivity index (χ3n) is 6.81. The number of imidazole rings is 1. The summed E-state index contributed by atoms with van der Waals surface area (Å²) in [6.07, 6.45) is 5.06. The van der Waals surface area contributed by atoms with Gasteiger partial charge in [-0.2, -0.15) is 9.97 Å². The predicted octanol–water partition coefficient (Wildman–Crippen LogP) is 2.39. The van der Waals surface area contributed by atoms with Crippen molar-refractivity contribution in [2.24, 2.45) is 5.73 Å². The Morgan fingerprint density at radius 1 is 1.09 bits per heavy atom. The van der Waals surface area contributed by atoms with Gasteiger partial charge in [0.1, 0.15) is 0 Å². The zero-order valence-corrected chi connectivity index (χ0v) is 19.9. The fourth-order valence-electron chi connectivity index (χ4n) is 5.17. The van der Waals surface area contributed by atoms with Crippen molar-refractivity contribution in [3.63, 3.8) is 0 Å². The molecule has 2 aromatic heterocycles. The highest BCUT2D eigenvalue weighted by Crippen LogP contribution is 2.27. The average molecular weight is 460 g/mol. The van der Waals surface area contributed by atoms with E-state index >= 15 is 0 Å². The van der Waals surface area contributed by atoms with Crippen LogP contribution in [0.25, 0.3) is 11.2 Å². The van der Waals surface area contributed by atoms with Crippen LogP contribution in [-0.4, -0.2) is 51.3 Å². The van der Waals surface area contributed by atoms with E-state index in [0.29, 0.717) is 12.1 Å². The van der Waals surface area contributed by atoms with Gasteiger partial charge < -0.3 is 15.5 Å². The number of hydrogen-bond acceptors (Lipinski definition) is 6. The van der Waals surface area contributed by atoms with Crippen LogP contribution < -0.4 is 21.1 Å². The number of hydrogen-bond donors (Lipinski definition) is 1. The Hall–Kier alpha value is -3.31. The number of piperidine rings is 1. The first-order valence-electron chi connectivity index (χ1n) is 12.4. The van der Waals surface area contributed by atoms with Gasteiger partial charge >= 0.3 is 5.56 Å². The lowest BCUT2D eigenvalue weighted by atomic mass is 10.1. The summed E-state index contributed by atoms with van der Waals surface area (Å²) >= 11 is 0. The van der Waals surface area contributed by atoms with Crippen LogP contribution in [0.1, 0.15) is 38.2 Å². The number of benzene rings is 1. The molecule has 2 N–H and O–H groups in total. The highest BCUT2D eigenvalue weighted by molar-refractivity contribution is 5.77. The lowest BCUT2D eigenvalue weighted by Crippen LogP contribution is -2.44. The highest BCUT2D eigenvalue weighted by atomic mass is 16.1. The number of nitrogens with zero attached hydrogens (tertiary/aromatic N) is 6. The van der Waals surface area contributed by atoms with Gasteiger partial charge in [-0.25, -0.2) is 0 Å². The molecule has 8 heteroatoms. The van der Waals surface area contributed by atoms with E-state index in [4.69, 9.17) is 10.7 Å². The van der Waals surface area contributed by atoms with Crippen LogP contribution >= 0.6 is 0 Å². The number of aromatic nitrogens is 4. The van der Waals surface area contributed by atoms with Crippen molar-refractivity contribution < 1.29 is 0 Å². The predicted molar refractivity (Wildman–Crippen MR) is 136 cm³/mol. The van der Waals surface area contributed by atoms with Crippen molar-refractivity contribution in [1.29, 1.82) is 0 Å². The second-order valence-electron chi connectivity index (χ2n) is 9.24. The van der Waals surface area contributed by atoms with Crippen molar-refractivity contribution in [3.05, 3.63) is 46.2 Å². The lowest BCUT2D eigenvalue weighted by molar-refractivity contribution is 0.496. The first kappa shape index (κ1) is 22.5. The third-order valence-corrected chi connectivity index (χ3v) is 6.81. The maximum absolute atomic E-state index is 13.3. The van der Waals surface area contributed by atoms with Crippen LogP contribution in [0.15, 0.2) is 35.1 Å². The lowest BCUT2D eigenvalue weighted by Gasteiger charge is -2.31. The topological polar surface area (TPSA) is 85.2 Å². The number of nitrogens with two attached hydrogens (primary N) is 1. The molecule has 2 aliphatic rings. The van der Waals surface area contributed by atoms with Crippen molar-refractivity contribution in [3.8, 4) is 11.8 Å². The molecule has 0 aliphatic carbocycles. The first-order valence-corrected chi connectivity index (χ1v) is 12.4. The molecule has 5 rings (SSSR count). The molecule has 8 nitrogen and oxygen atoms in total. The van der Waals surface area contributed by atoms with Crippen LogP contribution in [0.2, 0.25) is 0 Å². The molecule has 4 heterocycles. The molecule has 1 saturated heterocycles. The molecule has 0 saturated carbocycles. The van der Waals surface area contributed by atoms with E-state index in [1.807, 2.05) is 17.6 Å². The van der Waals surface area contributed by atoms with Gasteiger partial charge in [0.05, 0.1) is 6.54 Å². The average Bonchev–Trinajstić information content (AvgIpc) is 3.24. The van der Waals surface area contributed by atoms with Gasteiger partial charge in [0.2, 0.25) is 11.9 Å². The molecular formula is C26H33N7O. The van der Waals surface area contributed by atoms with Crippen LogP contribution in [0, 0.1) is 11.8 Å². The molecule has 0 unspecified atom stereocenters. The second-order valence-corrected chi connectivity index (χ2v) is 9.24. The van der Waals surface area contributed by atoms with E-state index in [1.54, 1.807) is 0 Å². The quantitative estimate of drug-likeness (QED) is 0.570. The Morgan fingerprint density at radius 3 is 2.74 bits per heavy atom. The molecule has 0 bridgehead atoms. The van der Waals surface area contributed by atoms with Crippen LogP contribution in [0.5, 0.6) is 0 Å². The van der Waals surface area contributed by atoms with E-state index in [-0.39, 0.29) is 11.6 Å². The molecule has 178 valence electrons. The SMILES string of the molecule is CC#CCn1c(N2CCC[C@@H](N)C2)nc2c1c(=O)nc1n2CCCN1CCCc1ccccc1. The Labute approximate surface area is 200 Å². The number of aryl methyl sites for hydroxylation is 2. The summed E-state index contributed by atoms with van der Waals surface area (Å²) in [6.45, 7) is 6.44. The highest BCUT2D eigenvalue weighted by Gasteiger charge is 2.28. The summed E-state index contributed by atoms with van der Waals surface area (Å²) in [6, 6.07) is 10.6. The minimum absolute atomic E-state index is 0.116. The zero-order valence-electron chi connectivity index (χ0n) is 19.9. The normalized spacial score (nSPS) is 18.0. The maximum atomic E-state index is 13.3. The van der Waals surface area contributed by atoms with Crippen LogP contribution in [0.4, 0.5) is 11.9 Å². The Bertz CT molecular complexity index is 1270. The van der Waals surface area contributed by atoms with Gasteiger partial charge in [-0.15, -0.1) is 5.92 Å². The van der Waals surface area contributed by atoms with Gasteiger partial charge in [-0.1, -0.05) is 36.3 Å². The smallest absolute Gasteiger partial charge is 0.300 e. The van der Waals surface area contributed by atoms with Crippen molar-refractivity contribution in [2.75, 3.05) is 36.0 Å². The van der Waals surface area contributed by atoms with Crippen molar-refractivity contribution in [2.45, 2.75) is 58.2 Å². The van der Waals surface area contributed by atoms with E-state index < -0.39 is 0 Å². The molecule has 0 spiro atoms. The Morgan fingerprint density at radius 2 is 1.94 bits per heavy atom. The number of fused-ring (bicyclic) bond motifs is 3. The monoisotopic (exact) mass is 459 g/mol. The summed E-state index contributed by atoms with van der Waals surface area (Å²) < 4.78 is 4.08. The standard InChI is InChI=1S/C26H33N7O/c1-2-3-17-32-22-23(28-25(32)31-15-8-13-21(27)19-31)33-18-9-16-30(26(33)29-24(22)34)14-7-12-20-10-5-4-6-11-20/h4-6,10-11,21H,7-9,12-19,27H2,1H3/t21-/m1/s1. The number of anilines is 2. The van der Waals surface area contributed by atoms with Crippen LogP contribution in [-0.2, 0) is 19.5 Å². The second kappa shape index (κ2) is 9.90. The fraction of sp³-hybridized carbons (Fsp3) is 0.500. The first-order chi connectivity index (χ1) is 16.7. The largest absolute Gasteiger partial charge is 0.342 e. The minimum atomic E-state index is -0.228. The maximum Gasteiger partial charge on any atom is 0.300 e. The van der Waals surface area contributed by atoms with Gasteiger partial charge in [0.25, 0.3) is 0 Å². The summed E-state index contributed by atoms with van der Waals surface area (Å²) in [4.78, 5) is 27.4. The Balaban J connectivity index is 1.50.